The number of carbonyl (C=O) groups is 2. The number of urea groups is 1. The molecule has 1 aromatic heterocycles. The Morgan fingerprint density at radius 1 is 1.53 bits per heavy atom. The fourth-order valence-corrected chi connectivity index (χ4v) is 2.32. The summed E-state index contributed by atoms with van der Waals surface area (Å²) in [6.45, 7) is 6.28. The van der Waals surface area contributed by atoms with Crippen LogP contribution in [0.3, 0.4) is 0 Å². The van der Waals surface area contributed by atoms with Crippen LogP contribution >= 0.6 is 11.3 Å². The summed E-state index contributed by atoms with van der Waals surface area (Å²) in [6.07, 6.45) is 1.71. The van der Waals surface area contributed by atoms with Crippen LogP contribution in [0.2, 0.25) is 0 Å². The molecule has 0 radical (unpaired) electrons. The molecule has 0 unspecified atom stereocenters. The highest BCUT2D eigenvalue weighted by Crippen LogP contribution is 2.11. The minimum atomic E-state index is -1.01. The van der Waals surface area contributed by atoms with Gasteiger partial charge in [0.05, 0.1) is 11.6 Å². The van der Waals surface area contributed by atoms with Gasteiger partial charge in [0.25, 0.3) is 0 Å². The van der Waals surface area contributed by atoms with Crippen LogP contribution in [0, 0.1) is 12.8 Å². The summed E-state index contributed by atoms with van der Waals surface area (Å²) in [4.78, 5) is 29.0. The van der Waals surface area contributed by atoms with E-state index in [1.165, 1.54) is 16.2 Å². The molecule has 1 rings (SSSR count). The number of thiazole rings is 1. The second kappa shape index (κ2) is 7.08. The monoisotopic (exact) mass is 285 g/mol. The fraction of sp³-hybridized carbons (Fsp3) is 0.583. The lowest BCUT2D eigenvalue weighted by Gasteiger charge is -2.22. The Labute approximate surface area is 116 Å². The highest BCUT2D eigenvalue weighted by atomic mass is 32.1. The third kappa shape index (κ3) is 5.69. The standard InChI is InChI=1S/C12H19N3O3S/c1-8(2)6-15(7-11(16)17)12(18)14-5-10-4-13-9(3)19-10/h4,8H,5-7H2,1-3H3,(H,14,18)(H,16,17). The molecule has 2 N–H and O–H groups in total. The van der Waals surface area contributed by atoms with Gasteiger partial charge < -0.3 is 15.3 Å². The molecule has 0 aliphatic heterocycles. The second-order valence-corrected chi connectivity index (χ2v) is 5.99. The molecule has 0 bridgehead atoms. The van der Waals surface area contributed by atoms with Gasteiger partial charge in [-0.1, -0.05) is 13.8 Å². The normalized spacial score (nSPS) is 10.5. The van der Waals surface area contributed by atoms with Crippen LogP contribution in [0.4, 0.5) is 4.79 Å². The van der Waals surface area contributed by atoms with E-state index in [-0.39, 0.29) is 18.5 Å². The van der Waals surface area contributed by atoms with Gasteiger partial charge in [0.1, 0.15) is 6.54 Å². The van der Waals surface area contributed by atoms with Gasteiger partial charge in [0.2, 0.25) is 0 Å². The Morgan fingerprint density at radius 3 is 2.68 bits per heavy atom. The van der Waals surface area contributed by atoms with Gasteiger partial charge in [-0.3, -0.25) is 4.79 Å². The average molecular weight is 285 g/mol. The van der Waals surface area contributed by atoms with E-state index in [0.29, 0.717) is 13.1 Å². The second-order valence-electron chi connectivity index (χ2n) is 4.67. The molecule has 1 heterocycles. The van der Waals surface area contributed by atoms with Crippen molar-refractivity contribution in [3.05, 3.63) is 16.1 Å². The molecule has 0 aliphatic carbocycles. The molecule has 106 valence electrons. The number of hydrogen-bond donors (Lipinski definition) is 2. The SMILES string of the molecule is Cc1ncc(CNC(=O)N(CC(=O)O)CC(C)C)s1. The van der Waals surface area contributed by atoms with Crippen molar-refractivity contribution in [3.63, 3.8) is 0 Å². The van der Waals surface area contributed by atoms with Crippen molar-refractivity contribution in [3.8, 4) is 0 Å². The lowest BCUT2D eigenvalue weighted by atomic mass is 10.2. The van der Waals surface area contributed by atoms with E-state index in [1.54, 1.807) is 6.20 Å². The Morgan fingerprint density at radius 2 is 2.21 bits per heavy atom. The zero-order valence-corrected chi connectivity index (χ0v) is 12.2. The number of amides is 2. The minimum absolute atomic E-state index is 0.218. The number of hydrogen-bond acceptors (Lipinski definition) is 4. The highest BCUT2D eigenvalue weighted by molar-refractivity contribution is 7.11. The molecular formula is C12H19N3O3S. The maximum atomic E-state index is 11.9. The molecule has 2 amide bonds. The number of carboxylic acid groups (broad SMARTS) is 1. The molecule has 0 aliphatic rings. The number of carboxylic acids is 1. The van der Waals surface area contributed by atoms with Gasteiger partial charge >= 0.3 is 12.0 Å². The molecule has 1 aromatic rings. The number of aliphatic carboxylic acids is 1. The van der Waals surface area contributed by atoms with Crippen molar-refractivity contribution in [2.75, 3.05) is 13.1 Å². The number of rotatable bonds is 6. The lowest BCUT2D eigenvalue weighted by molar-refractivity contribution is -0.137. The van der Waals surface area contributed by atoms with Crippen LogP contribution in [-0.4, -0.2) is 40.1 Å². The molecule has 0 saturated carbocycles. The fourth-order valence-electron chi connectivity index (χ4n) is 1.58. The van der Waals surface area contributed by atoms with Crippen molar-refractivity contribution < 1.29 is 14.7 Å². The largest absolute Gasteiger partial charge is 0.480 e. The number of aromatic nitrogens is 1. The Kier molecular flexibility index (Phi) is 5.75. The minimum Gasteiger partial charge on any atom is -0.480 e. The van der Waals surface area contributed by atoms with E-state index >= 15 is 0 Å². The predicted molar refractivity (Wildman–Crippen MR) is 73.1 cm³/mol. The summed E-state index contributed by atoms with van der Waals surface area (Å²) in [6, 6.07) is -0.359. The zero-order valence-electron chi connectivity index (χ0n) is 11.3. The highest BCUT2D eigenvalue weighted by Gasteiger charge is 2.17. The molecule has 6 nitrogen and oxygen atoms in total. The van der Waals surface area contributed by atoms with Gasteiger partial charge in [-0.2, -0.15) is 0 Å². The third-order valence-corrected chi connectivity index (χ3v) is 3.19. The smallest absolute Gasteiger partial charge is 0.323 e. The molecule has 0 spiro atoms. The summed E-state index contributed by atoms with van der Waals surface area (Å²) >= 11 is 1.51. The van der Waals surface area contributed by atoms with Crippen molar-refractivity contribution >= 4 is 23.3 Å². The van der Waals surface area contributed by atoms with Crippen LogP contribution < -0.4 is 5.32 Å². The van der Waals surface area contributed by atoms with E-state index in [9.17, 15) is 9.59 Å². The summed E-state index contributed by atoms with van der Waals surface area (Å²) < 4.78 is 0. The van der Waals surface area contributed by atoms with Crippen molar-refractivity contribution in [1.29, 1.82) is 0 Å². The van der Waals surface area contributed by atoms with E-state index < -0.39 is 5.97 Å². The van der Waals surface area contributed by atoms with Crippen LogP contribution in [0.5, 0.6) is 0 Å². The Hall–Kier alpha value is -1.63. The van der Waals surface area contributed by atoms with E-state index in [0.717, 1.165) is 9.88 Å². The Bertz CT molecular complexity index is 445. The molecule has 0 aromatic carbocycles. The first-order chi connectivity index (χ1) is 8.88. The van der Waals surface area contributed by atoms with E-state index in [2.05, 4.69) is 10.3 Å². The number of carbonyl (C=O) groups excluding carboxylic acids is 1. The van der Waals surface area contributed by atoms with Crippen LogP contribution in [-0.2, 0) is 11.3 Å². The van der Waals surface area contributed by atoms with Crippen LogP contribution in [0.1, 0.15) is 23.7 Å². The first-order valence-corrected chi connectivity index (χ1v) is 6.86. The summed E-state index contributed by atoms with van der Waals surface area (Å²) in [5, 5.41) is 12.5. The van der Waals surface area contributed by atoms with Gasteiger partial charge in [-0.05, 0) is 12.8 Å². The maximum Gasteiger partial charge on any atom is 0.323 e. The average Bonchev–Trinajstić information content (AvgIpc) is 2.70. The number of aryl methyl sites for hydroxylation is 1. The quantitative estimate of drug-likeness (QED) is 0.833. The van der Waals surface area contributed by atoms with Gasteiger partial charge in [0, 0.05) is 17.6 Å². The van der Waals surface area contributed by atoms with Crippen LogP contribution in [0.25, 0.3) is 0 Å². The molecular weight excluding hydrogens is 266 g/mol. The summed E-state index contributed by atoms with van der Waals surface area (Å²) in [7, 11) is 0. The summed E-state index contributed by atoms with van der Waals surface area (Å²) in [5.74, 6) is -0.791. The van der Waals surface area contributed by atoms with Crippen LogP contribution in [0.15, 0.2) is 6.20 Å². The predicted octanol–water partition coefficient (Wildman–Crippen LogP) is 1.70. The Balaban J connectivity index is 2.53. The van der Waals surface area contributed by atoms with Crippen molar-refractivity contribution in [2.24, 2.45) is 5.92 Å². The molecule has 19 heavy (non-hydrogen) atoms. The van der Waals surface area contributed by atoms with Crippen molar-refractivity contribution in [2.45, 2.75) is 27.3 Å². The van der Waals surface area contributed by atoms with Gasteiger partial charge in [-0.25, -0.2) is 9.78 Å². The third-order valence-electron chi connectivity index (χ3n) is 2.28. The maximum absolute atomic E-state index is 11.9. The zero-order chi connectivity index (χ0) is 14.4. The van der Waals surface area contributed by atoms with E-state index in [4.69, 9.17) is 5.11 Å². The first kappa shape index (κ1) is 15.4. The first-order valence-electron chi connectivity index (χ1n) is 6.04. The topological polar surface area (TPSA) is 82.5 Å². The van der Waals surface area contributed by atoms with Gasteiger partial charge in [-0.15, -0.1) is 11.3 Å². The molecule has 7 heteroatoms. The number of nitrogens with one attached hydrogen (secondary N) is 1. The molecule has 0 atom stereocenters. The lowest BCUT2D eigenvalue weighted by Crippen LogP contribution is -2.44. The van der Waals surface area contributed by atoms with Crippen molar-refractivity contribution in [1.82, 2.24) is 15.2 Å². The summed E-state index contributed by atoms with van der Waals surface area (Å²) in [5.41, 5.74) is 0. The van der Waals surface area contributed by atoms with E-state index in [1.807, 2.05) is 20.8 Å². The number of nitrogens with zero attached hydrogens (tertiary/aromatic N) is 2. The molecule has 0 saturated heterocycles. The van der Waals surface area contributed by atoms with Gasteiger partial charge in [0.15, 0.2) is 0 Å². The molecule has 0 fully saturated rings.